The molecule has 1 aromatic carbocycles. The predicted octanol–water partition coefficient (Wildman–Crippen LogP) is 2.72. The summed E-state index contributed by atoms with van der Waals surface area (Å²) in [6.07, 6.45) is 4.07. The molecule has 18 heavy (non-hydrogen) atoms. The first-order chi connectivity index (χ1) is 8.88. The van der Waals surface area contributed by atoms with Gasteiger partial charge in [0.1, 0.15) is 12.4 Å². The van der Waals surface area contributed by atoms with Crippen LogP contribution in [0.15, 0.2) is 30.3 Å². The molecule has 0 bridgehead atoms. The first kappa shape index (κ1) is 14.7. The molecule has 0 heterocycles. The lowest BCUT2D eigenvalue weighted by Crippen LogP contribution is -2.25. The molecule has 0 saturated heterocycles. The van der Waals surface area contributed by atoms with Crippen LogP contribution in [0.3, 0.4) is 0 Å². The SMILES string of the molecule is C/C=C/c1ccccc1OCCNCCOCC. The summed E-state index contributed by atoms with van der Waals surface area (Å²) in [5.74, 6) is 0.933. The normalized spacial score (nSPS) is 11.0. The first-order valence-electron chi connectivity index (χ1n) is 6.51. The van der Waals surface area contributed by atoms with E-state index in [1.165, 1.54) is 0 Å². The Kier molecular flexibility index (Phi) is 7.93. The van der Waals surface area contributed by atoms with E-state index in [1.807, 2.05) is 38.1 Å². The number of hydrogen-bond acceptors (Lipinski definition) is 3. The summed E-state index contributed by atoms with van der Waals surface area (Å²) in [4.78, 5) is 0. The van der Waals surface area contributed by atoms with E-state index in [2.05, 4.69) is 17.5 Å². The summed E-state index contributed by atoms with van der Waals surface area (Å²) >= 11 is 0. The van der Waals surface area contributed by atoms with Crippen LogP contribution in [-0.2, 0) is 4.74 Å². The standard InChI is InChI=1S/C15H23NO2/c1-3-7-14-8-5-6-9-15(14)18-13-11-16-10-12-17-4-2/h3,5-9,16H,4,10-13H2,1-2H3/b7-3+. The van der Waals surface area contributed by atoms with Gasteiger partial charge in [-0.3, -0.25) is 0 Å². The molecule has 1 aromatic rings. The van der Waals surface area contributed by atoms with Crippen molar-refractivity contribution in [3.8, 4) is 5.75 Å². The van der Waals surface area contributed by atoms with E-state index >= 15 is 0 Å². The fraction of sp³-hybridized carbons (Fsp3) is 0.467. The Morgan fingerprint density at radius 2 is 1.94 bits per heavy atom. The van der Waals surface area contributed by atoms with Gasteiger partial charge in [0.15, 0.2) is 0 Å². The summed E-state index contributed by atoms with van der Waals surface area (Å²) in [7, 11) is 0. The van der Waals surface area contributed by atoms with Crippen molar-refractivity contribution in [3.05, 3.63) is 35.9 Å². The fourth-order valence-electron chi connectivity index (χ4n) is 1.58. The van der Waals surface area contributed by atoms with Crippen molar-refractivity contribution >= 4 is 6.08 Å². The number of allylic oxidation sites excluding steroid dienone is 1. The minimum Gasteiger partial charge on any atom is -0.492 e. The lowest BCUT2D eigenvalue weighted by Gasteiger charge is -2.10. The second kappa shape index (κ2) is 9.68. The van der Waals surface area contributed by atoms with Crippen molar-refractivity contribution in [1.82, 2.24) is 5.32 Å². The highest BCUT2D eigenvalue weighted by Crippen LogP contribution is 2.18. The van der Waals surface area contributed by atoms with Crippen LogP contribution in [0.25, 0.3) is 6.08 Å². The fourth-order valence-corrected chi connectivity index (χ4v) is 1.58. The Hall–Kier alpha value is -1.32. The maximum atomic E-state index is 5.74. The maximum absolute atomic E-state index is 5.74. The number of nitrogens with one attached hydrogen (secondary N) is 1. The number of ether oxygens (including phenoxy) is 2. The van der Waals surface area contributed by atoms with E-state index in [-0.39, 0.29) is 0 Å². The minimum absolute atomic E-state index is 0.667. The highest BCUT2D eigenvalue weighted by Gasteiger charge is 1.98. The maximum Gasteiger partial charge on any atom is 0.126 e. The molecular formula is C15H23NO2. The lowest BCUT2D eigenvalue weighted by atomic mass is 10.2. The van der Waals surface area contributed by atoms with Crippen molar-refractivity contribution in [1.29, 1.82) is 0 Å². The zero-order chi connectivity index (χ0) is 13.1. The topological polar surface area (TPSA) is 30.5 Å². The van der Waals surface area contributed by atoms with E-state index in [0.29, 0.717) is 6.61 Å². The summed E-state index contributed by atoms with van der Waals surface area (Å²) in [5.41, 5.74) is 1.12. The molecule has 0 unspecified atom stereocenters. The molecule has 0 aliphatic heterocycles. The van der Waals surface area contributed by atoms with Gasteiger partial charge in [-0.25, -0.2) is 0 Å². The third-order valence-electron chi connectivity index (χ3n) is 2.43. The Bertz CT molecular complexity index is 350. The largest absolute Gasteiger partial charge is 0.492 e. The molecule has 1 rings (SSSR count). The Morgan fingerprint density at radius 3 is 2.72 bits per heavy atom. The summed E-state index contributed by atoms with van der Waals surface area (Å²) in [5, 5.41) is 3.27. The third-order valence-corrected chi connectivity index (χ3v) is 2.43. The highest BCUT2D eigenvalue weighted by atomic mass is 16.5. The number of benzene rings is 1. The van der Waals surface area contributed by atoms with Crippen molar-refractivity contribution in [2.45, 2.75) is 13.8 Å². The van der Waals surface area contributed by atoms with Gasteiger partial charge < -0.3 is 14.8 Å². The molecule has 3 nitrogen and oxygen atoms in total. The molecule has 0 saturated carbocycles. The highest BCUT2D eigenvalue weighted by molar-refractivity contribution is 5.56. The second-order valence-electron chi connectivity index (χ2n) is 3.83. The molecule has 0 radical (unpaired) electrons. The summed E-state index contributed by atoms with van der Waals surface area (Å²) in [6.45, 7) is 7.90. The van der Waals surface area contributed by atoms with Gasteiger partial charge in [0.2, 0.25) is 0 Å². The van der Waals surface area contributed by atoms with E-state index in [1.54, 1.807) is 0 Å². The van der Waals surface area contributed by atoms with Gasteiger partial charge in [-0.1, -0.05) is 30.4 Å². The van der Waals surface area contributed by atoms with Crippen LogP contribution in [-0.4, -0.2) is 32.9 Å². The summed E-state index contributed by atoms with van der Waals surface area (Å²) < 4.78 is 11.0. The Balaban J connectivity index is 2.22. The quantitative estimate of drug-likeness (QED) is 0.683. The van der Waals surface area contributed by atoms with Gasteiger partial charge in [-0.05, 0) is 19.9 Å². The van der Waals surface area contributed by atoms with Crippen LogP contribution in [0.1, 0.15) is 19.4 Å². The second-order valence-corrected chi connectivity index (χ2v) is 3.83. The number of rotatable bonds is 9. The number of hydrogen-bond donors (Lipinski definition) is 1. The van der Waals surface area contributed by atoms with Crippen molar-refractivity contribution < 1.29 is 9.47 Å². The molecule has 0 atom stereocenters. The van der Waals surface area contributed by atoms with Gasteiger partial charge in [0.05, 0.1) is 6.61 Å². The van der Waals surface area contributed by atoms with Crippen LogP contribution in [0, 0.1) is 0 Å². The monoisotopic (exact) mass is 249 g/mol. The van der Waals surface area contributed by atoms with Gasteiger partial charge in [-0.15, -0.1) is 0 Å². The van der Waals surface area contributed by atoms with E-state index in [9.17, 15) is 0 Å². The Labute approximate surface area is 110 Å². The molecular weight excluding hydrogens is 226 g/mol. The van der Waals surface area contributed by atoms with Gasteiger partial charge in [0.25, 0.3) is 0 Å². The van der Waals surface area contributed by atoms with Crippen molar-refractivity contribution in [2.24, 2.45) is 0 Å². The molecule has 1 N–H and O–H groups in total. The third kappa shape index (κ3) is 5.84. The molecule has 0 spiro atoms. The zero-order valence-corrected chi connectivity index (χ0v) is 11.3. The molecule has 0 aromatic heterocycles. The average Bonchev–Trinajstić information content (AvgIpc) is 2.40. The van der Waals surface area contributed by atoms with Gasteiger partial charge >= 0.3 is 0 Å². The van der Waals surface area contributed by atoms with Crippen molar-refractivity contribution in [2.75, 3.05) is 32.9 Å². The van der Waals surface area contributed by atoms with Crippen LogP contribution < -0.4 is 10.1 Å². The molecule has 0 aliphatic rings. The average molecular weight is 249 g/mol. The molecule has 0 amide bonds. The minimum atomic E-state index is 0.667. The smallest absolute Gasteiger partial charge is 0.126 e. The van der Waals surface area contributed by atoms with Crippen molar-refractivity contribution in [3.63, 3.8) is 0 Å². The molecule has 0 aliphatic carbocycles. The molecule has 0 fully saturated rings. The Morgan fingerprint density at radius 1 is 1.17 bits per heavy atom. The van der Waals surface area contributed by atoms with Crippen LogP contribution in [0.5, 0.6) is 5.75 Å². The van der Waals surface area contributed by atoms with E-state index in [4.69, 9.17) is 9.47 Å². The number of para-hydroxylation sites is 1. The van der Waals surface area contributed by atoms with E-state index < -0.39 is 0 Å². The summed E-state index contributed by atoms with van der Waals surface area (Å²) in [6, 6.07) is 8.06. The van der Waals surface area contributed by atoms with E-state index in [0.717, 1.165) is 37.6 Å². The first-order valence-corrected chi connectivity index (χ1v) is 6.51. The van der Waals surface area contributed by atoms with Crippen LogP contribution >= 0.6 is 0 Å². The lowest BCUT2D eigenvalue weighted by molar-refractivity contribution is 0.148. The molecule has 3 heteroatoms. The molecule has 100 valence electrons. The van der Waals surface area contributed by atoms with Gasteiger partial charge in [0, 0.05) is 25.3 Å². The van der Waals surface area contributed by atoms with Crippen LogP contribution in [0.2, 0.25) is 0 Å². The van der Waals surface area contributed by atoms with Gasteiger partial charge in [-0.2, -0.15) is 0 Å². The zero-order valence-electron chi connectivity index (χ0n) is 11.3. The van der Waals surface area contributed by atoms with Crippen LogP contribution in [0.4, 0.5) is 0 Å². The predicted molar refractivity (Wildman–Crippen MR) is 76.0 cm³/mol.